The molecule has 3 saturated heterocycles. The Balaban J connectivity index is 1.70. The van der Waals surface area contributed by atoms with Gasteiger partial charge >= 0.3 is 16.4 Å². The highest BCUT2D eigenvalue weighted by Crippen LogP contribution is 2.31. The highest BCUT2D eigenvalue weighted by molar-refractivity contribution is 7.80. The molecule has 3 amide bonds. The first-order valence-corrected chi connectivity index (χ1v) is 9.07. The van der Waals surface area contributed by atoms with Gasteiger partial charge in [0.2, 0.25) is 0 Å². The SMILES string of the molecule is NN(C(=O)[C@@H]1CC[C@@H]2CN1C(=O)N2OS(=O)(=O)O)C1CCOCC1. The third-order valence-corrected chi connectivity index (χ3v) is 4.97. The van der Waals surface area contributed by atoms with E-state index in [4.69, 9.17) is 15.1 Å². The van der Waals surface area contributed by atoms with Crippen molar-refractivity contribution in [1.29, 1.82) is 0 Å². The number of carbonyl (C=O) groups excluding carboxylic acids is 2. The van der Waals surface area contributed by atoms with Crippen molar-refractivity contribution in [3.63, 3.8) is 0 Å². The van der Waals surface area contributed by atoms with Crippen LogP contribution in [0, 0.1) is 0 Å². The number of rotatable bonds is 4. The monoisotopic (exact) mass is 364 g/mol. The summed E-state index contributed by atoms with van der Waals surface area (Å²) in [5.41, 5.74) is 0. The summed E-state index contributed by atoms with van der Waals surface area (Å²) in [5, 5.41) is 1.77. The fourth-order valence-electron chi connectivity index (χ4n) is 3.40. The molecule has 3 heterocycles. The number of nitrogens with two attached hydrogens (primary N) is 1. The predicted octanol–water partition coefficient (Wildman–Crippen LogP) is -1.13. The Morgan fingerprint density at radius 1 is 1.29 bits per heavy atom. The maximum atomic E-state index is 12.7. The molecule has 2 atom stereocenters. The summed E-state index contributed by atoms with van der Waals surface area (Å²) in [6, 6.07) is -2.21. The number of hydrazine groups is 1. The van der Waals surface area contributed by atoms with Crippen LogP contribution in [0.2, 0.25) is 0 Å². The molecule has 0 spiro atoms. The van der Waals surface area contributed by atoms with Gasteiger partial charge in [0, 0.05) is 19.8 Å². The van der Waals surface area contributed by atoms with Crippen LogP contribution < -0.4 is 5.84 Å². The molecule has 3 aliphatic rings. The highest BCUT2D eigenvalue weighted by atomic mass is 32.3. The minimum absolute atomic E-state index is 0.145. The van der Waals surface area contributed by atoms with Crippen molar-refractivity contribution < 1.29 is 31.6 Å². The fraction of sp³-hybridized carbons (Fsp3) is 0.833. The number of hydrogen-bond acceptors (Lipinski definition) is 7. The second kappa shape index (κ2) is 6.44. The number of carbonyl (C=O) groups is 2. The van der Waals surface area contributed by atoms with Gasteiger partial charge in [-0.3, -0.25) is 14.4 Å². The minimum atomic E-state index is -4.81. The molecule has 0 aromatic rings. The standard InChI is InChI=1S/C12H20N4O7S/c13-15(8-3-5-22-6-4-8)11(17)10-2-1-9-7-14(10)12(18)16(9)23-24(19,20)21/h8-10H,1-7,13H2,(H,19,20,21)/t9-,10+/m1/s1. The van der Waals surface area contributed by atoms with Crippen LogP contribution in [0.15, 0.2) is 0 Å². The third kappa shape index (κ3) is 3.32. The summed E-state index contributed by atoms with van der Waals surface area (Å²) >= 11 is 0. The average Bonchev–Trinajstić information content (AvgIpc) is 2.78. The Bertz CT molecular complexity index is 621. The fourth-order valence-corrected chi connectivity index (χ4v) is 3.79. The van der Waals surface area contributed by atoms with E-state index in [1.807, 2.05) is 0 Å². The number of amides is 3. The molecule has 24 heavy (non-hydrogen) atoms. The van der Waals surface area contributed by atoms with Crippen LogP contribution in [-0.4, -0.2) is 77.8 Å². The van der Waals surface area contributed by atoms with E-state index in [1.54, 1.807) is 0 Å². The number of hydrogen-bond donors (Lipinski definition) is 2. The number of urea groups is 1. The van der Waals surface area contributed by atoms with Crippen LogP contribution in [0.1, 0.15) is 25.7 Å². The molecule has 0 unspecified atom stereocenters. The Labute approximate surface area is 139 Å². The van der Waals surface area contributed by atoms with Crippen LogP contribution in [0.25, 0.3) is 0 Å². The molecule has 12 heteroatoms. The van der Waals surface area contributed by atoms with Crippen LogP contribution in [-0.2, 0) is 24.2 Å². The van der Waals surface area contributed by atoms with Gasteiger partial charge in [-0.15, -0.1) is 4.28 Å². The number of fused-ring (bicyclic) bond motifs is 2. The van der Waals surface area contributed by atoms with Crippen molar-refractivity contribution in [3.05, 3.63) is 0 Å². The van der Waals surface area contributed by atoms with E-state index in [9.17, 15) is 18.0 Å². The van der Waals surface area contributed by atoms with Crippen molar-refractivity contribution in [2.75, 3.05) is 19.8 Å². The van der Waals surface area contributed by atoms with Crippen LogP contribution in [0.3, 0.4) is 0 Å². The van der Waals surface area contributed by atoms with Gasteiger partial charge in [0.15, 0.2) is 0 Å². The van der Waals surface area contributed by atoms with Gasteiger partial charge in [0.25, 0.3) is 5.91 Å². The zero-order valence-corrected chi connectivity index (χ0v) is 13.7. The van der Waals surface area contributed by atoms with E-state index in [-0.39, 0.29) is 18.5 Å². The molecule has 11 nitrogen and oxygen atoms in total. The first kappa shape index (κ1) is 17.4. The summed E-state index contributed by atoms with van der Waals surface area (Å²) in [4.78, 5) is 26.2. The molecule has 2 bridgehead atoms. The molecule has 0 aromatic heterocycles. The van der Waals surface area contributed by atoms with Crippen molar-refractivity contribution in [2.24, 2.45) is 5.84 Å². The van der Waals surface area contributed by atoms with E-state index in [0.29, 0.717) is 44.0 Å². The lowest BCUT2D eigenvalue weighted by Gasteiger charge is -2.36. The Hall–Kier alpha value is -1.47. The molecule has 0 aliphatic carbocycles. The minimum Gasteiger partial charge on any atom is -0.381 e. The third-order valence-electron chi connectivity index (χ3n) is 4.62. The summed E-state index contributed by atoms with van der Waals surface area (Å²) in [7, 11) is -4.81. The van der Waals surface area contributed by atoms with Gasteiger partial charge in [-0.1, -0.05) is 0 Å². The molecule has 3 rings (SSSR count). The number of hydroxylamine groups is 2. The molecule has 3 aliphatic heterocycles. The second-order valence-corrected chi connectivity index (χ2v) is 7.10. The zero-order chi connectivity index (χ0) is 17.5. The number of ether oxygens (including phenoxy) is 1. The summed E-state index contributed by atoms with van der Waals surface area (Å²) < 4.78 is 40.1. The summed E-state index contributed by atoms with van der Waals surface area (Å²) in [5.74, 6) is 5.56. The van der Waals surface area contributed by atoms with Crippen LogP contribution in [0.5, 0.6) is 0 Å². The molecule has 3 fully saturated rings. The molecule has 136 valence electrons. The van der Waals surface area contributed by atoms with E-state index in [0.717, 1.165) is 5.01 Å². The molecule has 3 N–H and O–H groups in total. The first-order valence-electron chi connectivity index (χ1n) is 7.70. The van der Waals surface area contributed by atoms with Gasteiger partial charge in [-0.2, -0.15) is 13.5 Å². The smallest absolute Gasteiger partial charge is 0.381 e. The van der Waals surface area contributed by atoms with Gasteiger partial charge in [0.1, 0.15) is 6.04 Å². The number of nitrogens with zero attached hydrogens (tertiary/aromatic N) is 3. The normalized spacial score (nSPS) is 28.3. The van der Waals surface area contributed by atoms with Gasteiger partial charge in [-0.25, -0.2) is 10.6 Å². The molecular formula is C12H20N4O7S. The van der Waals surface area contributed by atoms with Crippen LogP contribution >= 0.6 is 0 Å². The average molecular weight is 364 g/mol. The van der Waals surface area contributed by atoms with E-state index in [1.165, 1.54) is 4.90 Å². The maximum absolute atomic E-state index is 12.7. The molecule has 0 radical (unpaired) electrons. The van der Waals surface area contributed by atoms with Crippen molar-refractivity contribution >= 4 is 22.3 Å². The highest BCUT2D eigenvalue weighted by Gasteiger charge is 2.50. The first-order chi connectivity index (χ1) is 11.3. The van der Waals surface area contributed by atoms with Crippen molar-refractivity contribution in [1.82, 2.24) is 15.0 Å². The van der Waals surface area contributed by atoms with Gasteiger partial charge in [-0.05, 0) is 25.7 Å². The Morgan fingerprint density at radius 3 is 2.58 bits per heavy atom. The number of piperidine rings is 1. The summed E-state index contributed by atoms with van der Waals surface area (Å²) in [6.45, 7) is 1.19. The van der Waals surface area contributed by atoms with E-state index < -0.39 is 28.5 Å². The van der Waals surface area contributed by atoms with Gasteiger partial charge in [0.05, 0.1) is 12.1 Å². The lowest BCUT2D eigenvalue weighted by molar-refractivity contribution is -0.141. The topological polar surface area (TPSA) is 143 Å². The van der Waals surface area contributed by atoms with Crippen LogP contribution in [0.4, 0.5) is 4.79 Å². The second-order valence-electron chi connectivity index (χ2n) is 6.10. The summed E-state index contributed by atoms with van der Waals surface area (Å²) in [6.07, 6.45) is 1.97. The van der Waals surface area contributed by atoms with Gasteiger partial charge < -0.3 is 9.64 Å². The Kier molecular flexibility index (Phi) is 4.66. The van der Waals surface area contributed by atoms with Crippen molar-refractivity contribution in [3.8, 4) is 0 Å². The lowest BCUT2D eigenvalue weighted by Crippen LogP contribution is -2.57. The molecule has 0 aromatic carbocycles. The lowest BCUT2D eigenvalue weighted by atomic mass is 9.99. The largest absolute Gasteiger partial charge is 0.418 e. The van der Waals surface area contributed by atoms with E-state index in [2.05, 4.69) is 4.28 Å². The quantitative estimate of drug-likeness (QED) is 0.276. The van der Waals surface area contributed by atoms with E-state index >= 15 is 0 Å². The molecule has 0 saturated carbocycles. The van der Waals surface area contributed by atoms with Crippen molar-refractivity contribution in [2.45, 2.75) is 43.8 Å². The Morgan fingerprint density at radius 2 is 1.96 bits per heavy atom. The predicted molar refractivity (Wildman–Crippen MR) is 78.3 cm³/mol. The maximum Gasteiger partial charge on any atom is 0.418 e. The zero-order valence-electron chi connectivity index (χ0n) is 12.9. The molecular weight excluding hydrogens is 344 g/mol.